The van der Waals surface area contributed by atoms with Gasteiger partial charge in [0.1, 0.15) is 0 Å². The van der Waals surface area contributed by atoms with Gasteiger partial charge in [0.05, 0.1) is 6.54 Å². The van der Waals surface area contributed by atoms with Crippen LogP contribution in [0.3, 0.4) is 0 Å². The van der Waals surface area contributed by atoms with Crippen molar-refractivity contribution in [3.8, 4) is 0 Å². The minimum atomic E-state index is -2.45. The van der Waals surface area contributed by atoms with Crippen LogP contribution in [-0.4, -0.2) is 43.4 Å². The number of carbonyl (C=O) groups is 1. The second kappa shape index (κ2) is 5.39. The first-order valence-electron chi connectivity index (χ1n) is 5.27. The number of alkyl halides is 2. The van der Waals surface area contributed by atoms with E-state index >= 15 is 0 Å². The van der Waals surface area contributed by atoms with E-state index in [1.807, 2.05) is 6.92 Å². The maximum atomic E-state index is 12.1. The minimum absolute atomic E-state index is 0.0926. The maximum Gasteiger partial charge on any atom is 0.255 e. The van der Waals surface area contributed by atoms with Gasteiger partial charge < -0.3 is 10.2 Å². The average molecular weight is 220 g/mol. The molecule has 2 atom stereocenters. The van der Waals surface area contributed by atoms with Crippen LogP contribution in [0.1, 0.15) is 19.8 Å². The normalized spacial score (nSPS) is 26.7. The zero-order valence-corrected chi connectivity index (χ0v) is 9.17. The number of nitrogens with zero attached hydrogens (tertiary/aromatic N) is 1. The lowest BCUT2D eigenvalue weighted by Crippen LogP contribution is -2.44. The van der Waals surface area contributed by atoms with Gasteiger partial charge in [0.15, 0.2) is 0 Å². The molecule has 0 saturated carbocycles. The van der Waals surface area contributed by atoms with Crippen molar-refractivity contribution in [3.63, 3.8) is 0 Å². The van der Waals surface area contributed by atoms with E-state index in [1.54, 1.807) is 0 Å². The Balaban J connectivity index is 2.44. The highest BCUT2D eigenvalue weighted by Crippen LogP contribution is 2.18. The Morgan fingerprint density at radius 3 is 2.80 bits per heavy atom. The summed E-state index contributed by atoms with van der Waals surface area (Å²) in [5, 5.41) is 3.23. The summed E-state index contributed by atoms with van der Waals surface area (Å²) in [4.78, 5) is 12.9. The summed E-state index contributed by atoms with van der Waals surface area (Å²) in [5.41, 5.74) is 0. The molecule has 88 valence electrons. The van der Waals surface area contributed by atoms with Crippen LogP contribution in [0.15, 0.2) is 0 Å². The number of hydrogen-bond donors (Lipinski definition) is 1. The van der Waals surface area contributed by atoms with E-state index in [9.17, 15) is 13.6 Å². The van der Waals surface area contributed by atoms with E-state index < -0.39 is 13.0 Å². The summed E-state index contributed by atoms with van der Waals surface area (Å²) in [6.45, 7) is 2.34. The van der Waals surface area contributed by atoms with E-state index in [0.717, 1.165) is 24.3 Å². The van der Waals surface area contributed by atoms with Crippen LogP contribution < -0.4 is 5.32 Å². The van der Waals surface area contributed by atoms with E-state index in [2.05, 4.69) is 5.32 Å². The zero-order chi connectivity index (χ0) is 11.4. The monoisotopic (exact) mass is 220 g/mol. The third kappa shape index (κ3) is 3.74. The van der Waals surface area contributed by atoms with Crippen LogP contribution in [-0.2, 0) is 4.79 Å². The van der Waals surface area contributed by atoms with E-state index in [-0.39, 0.29) is 11.8 Å². The van der Waals surface area contributed by atoms with Crippen molar-refractivity contribution in [2.75, 3.05) is 20.1 Å². The fourth-order valence-corrected chi connectivity index (χ4v) is 1.96. The molecule has 0 aliphatic carbocycles. The highest BCUT2D eigenvalue weighted by atomic mass is 19.3. The summed E-state index contributed by atoms with van der Waals surface area (Å²) in [6.07, 6.45) is -0.957. The quantitative estimate of drug-likeness (QED) is 0.772. The summed E-state index contributed by atoms with van der Waals surface area (Å²) in [6, 6.07) is 0.299. The van der Waals surface area contributed by atoms with Gasteiger partial charge in [0.25, 0.3) is 6.43 Å². The van der Waals surface area contributed by atoms with Gasteiger partial charge in [0.2, 0.25) is 5.91 Å². The van der Waals surface area contributed by atoms with Crippen molar-refractivity contribution in [1.82, 2.24) is 10.2 Å². The second-order valence-electron chi connectivity index (χ2n) is 4.19. The smallest absolute Gasteiger partial charge is 0.255 e. The topological polar surface area (TPSA) is 32.3 Å². The molecular formula is C10H18F2N2O. The third-order valence-corrected chi connectivity index (χ3v) is 2.76. The molecule has 0 aromatic heterocycles. The molecule has 1 aliphatic heterocycles. The zero-order valence-electron chi connectivity index (χ0n) is 9.17. The molecule has 1 rings (SSSR count). The van der Waals surface area contributed by atoms with Crippen molar-refractivity contribution in [2.45, 2.75) is 32.2 Å². The molecular weight excluding hydrogens is 202 g/mol. The van der Waals surface area contributed by atoms with Gasteiger partial charge in [-0.15, -0.1) is 0 Å². The highest BCUT2D eigenvalue weighted by molar-refractivity contribution is 5.78. The first-order chi connectivity index (χ1) is 7.00. The van der Waals surface area contributed by atoms with Crippen LogP contribution in [0.25, 0.3) is 0 Å². The van der Waals surface area contributed by atoms with Gasteiger partial charge in [-0.25, -0.2) is 8.78 Å². The molecule has 0 unspecified atom stereocenters. The Labute approximate surface area is 88.8 Å². The Bertz CT molecular complexity index is 223. The Morgan fingerprint density at radius 1 is 1.60 bits per heavy atom. The van der Waals surface area contributed by atoms with E-state index in [4.69, 9.17) is 0 Å². The standard InChI is InChI=1S/C10H18F2N2O/c1-7-5-8(3-4-13-7)10(15)14(2)6-9(11)12/h7-9,13H,3-6H2,1-2H3/t7-,8-/m0/s1. The van der Waals surface area contributed by atoms with Crippen LogP contribution in [0, 0.1) is 5.92 Å². The number of piperidine rings is 1. The number of rotatable bonds is 3. The molecule has 1 fully saturated rings. The van der Waals surface area contributed by atoms with Crippen molar-refractivity contribution < 1.29 is 13.6 Å². The lowest BCUT2D eigenvalue weighted by atomic mass is 9.92. The molecule has 0 aromatic carbocycles. The van der Waals surface area contributed by atoms with Gasteiger partial charge in [-0.1, -0.05) is 0 Å². The Morgan fingerprint density at radius 2 is 2.27 bits per heavy atom. The Kier molecular flexibility index (Phi) is 4.45. The summed E-state index contributed by atoms with van der Waals surface area (Å²) in [7, 11) is 1.45. The number of hydrogen-bond acceptors (Lipinski definition) is 2. The predicted molar refractivity (Wildman–Crippen MR) is 53.8 cm³/mol. The van der Waals surface area contributed by atoms with E-state index in [1.165, 1.54) is 7.05 Å². The fraction of sp³-hybridized carbons (Fsp3) is 0.900. The molecule has 15 heavy (non-hydrogen) atoms. The molecule has 5 heteroatoms. The molecule has 0 bridgehead atoms. The van der Waals surface area contributed by atoms with Gasteiger partial charge in [0, 0.05) is 19.0 Å². The van der Waals surface area contributed by atoms with Crippen LogP contribution in [0.5, 0.6) is 0 Å². The van der Waals surface area contributed by atoms with Crippen molar-refractivity contribution in [3.05, 3.63) is 0 Å². The van der Waals surface area contributed by atoms with Crippen LogP contribution in [0.2, 0.25) is 0 Å². The maximum absolute atomic E-state index is 12.1. The largest absolute Gasteiger partial charge is 0.340 e. The second-order valence-corrected chi connectivity index (χ2v) is 4.19. The molecule has 0 aromatic rings. The predicted octanol–water partition coefficient (Wildman–Crippen LogP) is 1.10. The first kappa shape index (κ1) is 12.4. The molecule has 1 N–H and O–H groups in total. The lowest BCUT2D eigenvalue weighted by molar-refractivity contribution is -0.137. The number of carbonyl (C=O) groups excluding carboxylic acids is 1. The summed E-state index contributed by atoms with van der Waals surface area (Å²) in [5.74, 6) is -0.242. The molecule has 3 nitrogen and oxygen atoms in total. The highest BCUT2D eigenvalue weighted by Gasteiger charge is 2.27. The van der Waals surface area contributed by atoms with Gasteiger partial charge in [-0.3, -0.25) is 4.79 Å². The molecule has 0 radical (unpaired) electrons. The van der Waals surface area contributed by atoms with E-state index in [0.29, 0.717) is 6.04 Å². The van der Waals surface area contributed by atoms with Crippen molar-refractivity contribution >= 4 is 5.91 Å². The number of nitrogens with one attached hydrogen (secondary N) is 1. The van der Waals surface area contributed by atoms with Crippen molar-refractivity contribution in [1.29, 1.82) is 0 Å². The summed E-state index contributed by atoms with van der Waals surface area (Å²) < 4.78 is 24.2. The SMILES string of the molecule is C[C@H]1C[C@@H](C(=O)N(C)CC(F)F)CCN1. The Hall–Kier alpha value is -0.710. The van der Waals surface area contributed by atoms with Crippen LogP contribution >= 0.6 is 0 Å². The number of amides is 1. The molecule has 1 amide bonds. The molecule has 1 aliphatic rings. The summed E-state index contributed by atoms with van der Waals surface area (Å²) >= 11 is 0. The van der Waals surface area contributed by atoms with Gasteiger partial charge >= 0.3 is 0 Å². The minimum Gasteiger partial charge on any atom is -0.340 e. The van der Waals surface area contributed by atoms with Crippen molar-refractivity contribution in [2.24, 2.45) is 5.92 Å². The fourth-order valence-electron chi connectivity index (χ4n) is 1.96. The van der Waals surface area contributed by atoms with Gasteiger partial charge in [-0.2, -0.15) is 0 Å². The van der Waals surface area contributed by atoms with Crippen LogP contribution in [0.4, 0.5) is 8.78 Å². The first-order valence-corrected chi connectivity index (χ1v) is 5.27. The molecule has 0 spiro atoms. The lowest BCUT2D eigenvalue weighted by Gasteiger charge is -2.30. The number of halogens is 2. The average Bonchev–Trinajstić information content (AvgIpc) is 2.15. The third-order valence-electron chi connectivity index (χ3n) is 2.76. The van der Waals surface area contributed by atoms with Gasteiger partial charge in [-0.05, 0) is 26.3 Å². The molecule has 1 heterocycles. The molecule has 1 saturated heterocycles.